The quantitative estimate of drug-likeness (QED) is 0.443. The minimum Gasteiger partial charge on any atom is -0.287 e. The van der Waals surface area contributed by atoms with E-state index in [-0.39, 0.29) is 11.3 Å². The molecule has 0 aliphatic heterocycles. The fraction of sp³-hybridized carbons (Fsp3) is 0.450. The molecule has 8 heteroatoms. The summed E-state index contributed by atoms with van der Waals surface area (Å²) >= 11 is 3.01. The molecule has 0 N–H and O–H groups in total. The summed E-state index contributed by atoms with van der Waals surface area (Å²) in [4.78, 5) is 20.4. The highest BCUT2D eigenvalue weighted by Crippen LogP contribution is 2.35. The molecule has 0 saturated heterocycles. The van der Waals surface area contributed by atoms with Crippen molar-refractivity contribution >= 4 is 33.3 Å². The molecule has 0 amide bonds. The number of hydrogen-bond acceptors (Lipinski definition) is 7. The van der Waals surface area contributed by atoms with E-state index >= 15 is 0 Å². The average molecular weight is 412 g/mol. The van der Waals surface area contributed by atoms with Crippen molar-refractivity contribution in [2.75, 3.05) is 0 Å². The van der Waals surface area contributed by atoms with Crippen LogP contribution in [-0.2, 0) is 19.4 Å². The molecule has 0 atom stereocenters. The number of fused-ring (bicyclic) bond motifs is 3. The zero-order valence-corrected chi connectivity index (χ0v) is 17.4. The number of hydrogen-bond donors (Lipinski definition) is 0. The zero-order valence-electron chi connectivity index (χ0n) is 15.8. The van der Waals surface area contributed by atoms with Gasteiger partial charge < -0.3 is 0 Å². The third-order valence-corrected chi connectivity index (χ3v) is 7.08. The molecule has 0 unspecified atom stereocenters. The van der Waals surface area contributed by atoms with Crippen LogP contribution in [0.2, 0.25) is 0 Å². The lowest BCUT2D eigenvalue weighted by Crippen LogP contribution is -2.24. The number of aromatic nitrogens is 4. The minimum absolute atomic E-state index is 0.0737. The van der Waals surface area contributed by atoms with Gasteiger partial charge in [0.25, 0.3) is 5.56 Å². The van der Waals surface area contributed by atoms with Crippen molar-refractivity contribution in [1.82, 2.24) is 19.7 Å². The van der Waals surface area contributed by atoms with Gasteiger partial charge in [-0.2, -0.15) is 5.26 Å². The highest BCUT2D eigenvalue weighted by atomic mass is 32.2. The molecular formula is C20H21N5OS2. The van der Waals surface area contributed by atoms with Gasteiger partial charge in [-0.05, 0) is 61.6 Å². The number of aryl methyl sites for hydroxylation is 2. The second-order valence-electron chi connectivity index (χ2n) is 6.92. The molecule has 144 valence electrons. The number of unbranched alkanes of at least 4 members (excludes halogenated alkanes) is 2. The van der Waals surface area contributed by atoms with Crippen molar-refractivity contribution in [3.05, 3.63) is 38.6 Å². The average Bonchev–Trinajstić information content (AvgIpc) is 3.09. The Morgan fingerprint density at radius 3 is 2.86 bits per heavy atom. The summed E-state index contributed by atoms with van der Waals surface area (Å²) in [5.74, 6) is 0. The van der Waals surface area contributed by atoms with Gasteiger partial charge in [0.2, 0.25) is 0 Å². The third-order valence-electron chi connectivity index (χ3n) is 4.98. The van der Waals surface area contributed by atoms with E-state index in [0.29, 0.717) is 16.7 Å². The Balaban J connectivity index is 1.79. The standard InChI is InChI=1S/C20H21N5OS2/c1-2-3-6-11-25-19(26)17-14-7-4-5-8-15(14)27-18(17)22-20(25)28-16-10-9-13(12-21)23-24-16/h9-10H,2-8,11H2,1H3. The highest BCUT2D eigenvalue weighted by molar-refractivity contribution is 7.99. The monoisotopic (exact) mass is 411 g/mol. The van der Waals surface area contributed by atoms with Crippen molar-refractivity contribution in [2.24, 2.45) is 0 Å². The van der Waals surface area contributed by atoms with Gasteiger partial charge in [-0.1, -0.05) is 19.8 Å². The zero-order chi connectivity index (χ0) is 19.5. The normalized spacial score (nSPS) is 13.4. The molecule has 1 aliphatic carbocycles. The van der Waals surface area contributed by atoms with Gasteiger partial charge in [-0.15, -0.1) is 21.5 Å². The van der Waals surface area contributed by atoms with Crippen LogP contribution in [0.1, 0.15) is 55.2 Å². The SMILES string of the molecule is CCCCCn1c(Sc2ccc(C#N)nn2)nc2sc3c(c2c1=O)CCCC3. The Labute approximate surface area is 171 Å². The lowest BCUT2D eigenvalue weighted by molar-refractivity contribution is 0.541. The molecule has 0 radical (unpaired) electrons. The molecule has 0 spiro atoms. The van der Waals surface area contributed by atoms with E-state index in [1.807, 2.05) is 10.6 Å². The summed E-state index contributed by atoms with van der Waals surface area (Å²) in [7, 11) is 0. The van der Waals surface area contributed by atoms with E-state index in [1.54, 1.807) is 23.5 Å². The van der Waals surface area contributed by atoms with Crippen LogP contribution in [0, 0.1) is 11.3 Å². The van der Waals surface area contributed by atoms with Crippen LogP contribution < -0.4 is 5.56 Å². The molecule has 0 saturated carbocycles. The lowest BCUT2D eigenvalue weighted by Gasteiger charge is -2.13. The molecule has 1 aliphatic rings. The van der Waals surface area contributed by atoms with E-state index in [4.69, 9.17) is 10.2 Å². The van der Waals surface area contributed by atoms with Crippen molar-refractivity contribution in [2.45, 2.75) is 68.6 Å². The fourth-order valence-corrected chi connectivity index (χ4v) is 5.68. The Hall–Kier alpha value is -2.24. The number of rotatable bonds is 6. The molecule has 4 rings (SSSR count). The maximum absolute atomic E-state index is 13.4. The maximum Gasteiger partial charge on any atom is 0.263 e. The van der Waals surface area contributed by atoms with Crippen LogP contribution in [0.5, 0.6) is 0 Å². The molecule has 3 aromatic heterocycles. The first-order valence-electron chi connectivity index (χ1n) is 9.68. The molecule has 3 aromatic rings. The summed E-state index contributed by atoms with van der Waals surface area (Å²) in [5, 5.41) is 19.0. The van der Waals surface area contributed by atoms with E-state index in [9.17, 15) is 4.79 Å². The van der Waals surface area contributed by atoms with Crippen LogP contribution in [0.3, 0.4) is 0 Å². The van der Waals surface area contributed by atoms with Crippen molar-refractivity contribution in [1.29, 1.82) is 5.26 Å². The van der Waals surface area contributed by atoms with E-state index in [1.165, 1.54) is 28.6 Å². The summed E-state index contributed by atoms with van der Waals surface area (Å²) in [6, 6.07) is 5.36. The van der Waals surface area contributed by atoms with Crippen LogP contribution in [0.4, 0.5) is 0 Å². The maximum atomic E-state index is 13.4. The fourth-order valence-electron chi connectivity index (χ4n) is 3.54. The molecular weight excluding hydrogens is 390 g/mol. The lowest BCUT2D eigenvalue weighted by atomic mass is 9.97. The molecule has 3 heterocycles. The molecule has 0 bridgehead atoms. The van der Waals surface area contributed by atoms with E-state index in [0.717, 1.165) is 48.7 Å². The topological polar surface area (TPSA) is 84.5 Å². The first-order valence-corrected chi connectivity index (χ1v) is 11.3. The van der Waals surface area contributed by atoms with Gasteiger partial charge in [0, 0.05) is 11.4 Å². The second-order valence-corrected chi connectivity index (χ2v) is 8.99. The predicted octanol–water partition coefficient (Wildman–Crippen LogP) is 4.34. The largest absolute Gasteiger partial charge is 0.287 e. The first-order chi connectivity index (χ1) is 13.7. The van der Waals surface area contributed by atoms with Crippen molar-refractivity contribution in [3.63, 3.8) is 0 Å². The minimum atomic E-state index is 0.0737. The molecule has 6 nitrogen and oxygen atoms in total. The highest BCUT2D eigenvalue weighted by Gasteiger charge is 2.22. The number of nitrogens with zero attached hydrogens (tertiary/aromatic N) is 5. The Morgan fingerprint density at radius 1 is 1.25 bits per heavy atom. The van der Waals surface area contributed by atoms with Gasteiger partial charge in [-0.25, -0.2) is 4.98 Å². The van der Waals surface area contributed by atoms with Crippen LogP contribution >= 0.6 is 23.1 Å². The van der Waals surface area contributed by atoms with Gasteiger partial charge in [0.05, 0.1) is 5.39 Å². The second kappa shape index (κ2) is 8.41. The van der Waals surface area contributed by atoms with E-state index < -0.39 is 0 Å². The van der Waals surface area contributed by atoms with E-state index in [2.05, 4.69) is 17.1 Å². The van der Waals surface area contributed by atoms with Crippen molar-refractivity contribution < 1.29 is 0 Å². The Kier molecular flexibility index (Phi) is 5.74. The molecule has 28 heavy (non-hydrogen) atoms. The van der Waals surface area contributed by atoms with Gasteiger partial charge in [-0.3, -0.25) is 9.36 Å². The van der Waals surface area contributed by atoms with Crippen molar-refractivity contribution in [3.8, 4) is 6.07 Å². The Morgan fingerprint density at radius 2 is 2.11 bits per heavy atom. The predicted molar refractivity (Wildman–Crippen MR) is 111 cm³/mol. The number of nitriles is 1. The smallest absolute Gasteiger partial charge is 0.263 e. The van der Waals surface area contributed by atoms with Gasteiger partial charge in [0.15, 0.2) is 10.9 Å². The molecule has 0 aromatic carbocycles. The van der Waals surface area contributed by atoms with Crippen LogP contribution in [0.15, 0.2) is 27.1 Å². The third kappa shape index (κ3) is 3.69. The number of thiophene rings is 1. The first kappa shape index (κ1) is 19.1. The molecule has 0 fully saturated rings. The Bertz CT molecular complexity index is 1090. The summed E-state index contributed by atoms with van der Waals surface area (Å²) < 4.78 is 1.81. The van der Waals surface area contributed by atoms with Crippen LogP contribution in [-0.4, -0.2) is 19.7 Å². The summed E-state index contributed by atoms with van der Waals surface area (Å²) in [6.07, 6.45) is 7.49. The van der Waals surface area contributed by atoms with Crippen LogP contribution in [0.25, 0.3) is 10.2 Å². The summed E-state index contributed by atoms with van der Waals surface area (Å²) in [6.45, 7) is 2.81. The van der Waals surface area contributed by atoms with Gasteiger partial charge >= 0.3 is 0 Å². The van der Waals surface area contributed by atoms with Gasteiger partial charge in [0.1, 0.15) is 15.9 Å². The summed E-state index contributed by atoms with van der Waals surface area (Å²) in [5.41, 5.74) is 1.58.